The van der Waals surface area contributed by atoms with Crippen LogP contribution in [0, 0.1) is 5.41 Å². The Labute approximate surface area is 179 Å². The van der Waals surface area contributed by atoms with Crippen molar-refractivity contribution in [1.82, 2.24) is 0 Å². The quantitative estimate of drug-likeness (QED) is 0.273. The van der Waals surface area contributed by atoms with Gasteiger partial charge in [-0.15, -0.1) is 11.3 Å². The highest BCUT2D eigenvalue weighted by Crippen LogP contribution is 2.27. The van der Waals surface area contributed by atoms with Crippen LogP contribution in [0.4, 0.5) is 14.6 Å². The van der Waals surface area contributed by atoms with Crippen LogP contribution in [0.25, 0.3) is 0 Å². The van der Waals surface area contributed by atoms with Crippen molar-refractivity contribution < 1.29 is 13.5 Å². The first-order valence-electron chi connectivity index (χ1n) is 7.98. The van der Waals surface area contributed by atoms with Crippen molar-refractivity contribution >= 4 is 75.2 Å². The van der Waals surface area contributed by atoms with Crippen LogP contribution in [-0.4, -0.2) is 35.2 Å². The number of nitrogens with zero attached hydrogens (tertiary/aromatic N) is 2. The number of rotatable bonds is 8. The summed E-state index contributed by atoms with van der Waals surface area (Å²) in [6, 6.07) is 6.42. The molecule has 1 heterocycles. The summed E-state index contributed by atoms with van der Waals surface area (Å²) in [7, 11) is 0. The van der Waals surface area contributed by atoms with E-state index in [0.29, 0.717) is 10.7 Å². The largest absolute Gasteiger partial charge is 0.390 e. The van der Waals surface area contributed by atoms with Crippen LogP contribution < -0.4 is 16.9 Å². The molecule has 152 valence electrons. The van der Waals surface area contributed by atoms with Crippen LogP contribution >= 0.6 is 35.1 Å². The predicted octanol–water partition coefficient (Wildman–Crippen LogP) is 3.52. The molecule has 0 radical (unpaired) electrons. The minimum Gasteiger partial charge on any atom is -0.390 e. The van der Waals surface area contributed by atoms with Crippen molar-refractivity contribution in [2.24, 2.45) is 15.9 Å². The van der Waals surface area contributed by atoms with Crippen molar-refractivity contribution in [3.8, 4) is 0 Å². The number of nitrogen functional groups attached to an aromatic ring is 1. The lowest BCUT2D eigenvalue weighted by atomic mass is 10.1. The molecule has 29 heavy (non-hydrogen) atoms. The number of hydrogen-bond acceptors (Lipinski definition) is 8. The summed E-state index contributed by atoms with van der Waals surface area (Å²) >= 11 is 6.94. The smallest absolute Gasteiger partial charge is 0.295 e. The van der Waals surface area contributed by atoms with Crippen LogP contribution in [0.1, 0.15) is 22.3 Å². The second-order valence-electron chi connectivity index (χ2n) is 5.47. The number of benzene rings is 1. The zero-order chi connectivity index (χ0) is 21.4. The molecule has 0 aliphatic rings. The molecular formula is C17H16ClFN6O2S2. The number of thiophene rings is 1. The molecule has 0 unspecified atom stereocenters. The molecule has 0 saturated heterocycles. The average Bonchev–Trinajstić information content (AvgIpc) is 3.10. The zero-order valence-corrected chi connectivity index (χ0v) is 17.2. The van der Waals surface area contributed by atoms with Gasteiger partial charge in [-0.1, -0.05) is 11.6 Å². The first kappa shape index (κ1) is 22.5. The van der Waals surface area contributed by atoms with E-state index >= 15 is 0 Å². The molecule has 12 heteroatoms. The van der Waals surface area contributed by atoms with E-state index in [2.05, 4.69) is 15.4 Å². The van der Waals surface area contributed by atoms with E-state index in [0.717, 1.165) is 17.6 Å². The number of amides is 2. The molecule has 6 N–H and O–H groups in total. The number of anilines is 2. The van der Waals surface area contributed by atoms with Gasteiger partial charge in [-0.05, 0) is 24.3 Å². The highest BCUT2D eigenvalue weighted by Gasteiger charge is 2.23. The first-order valence-corrected chi connectivity index (χ1v) is 10.1. The SMILES string of the molecule is N=C(C(=O)N=C/C(CCSF)=N\N)c1csc(N)c1C(=O)Nc1ccc(Cl)cc1. The minimum absolute atomic E-state index is 0.0000414. The van der Waals surface area contributed by atoms with Gasteiger partial charge in [0.15, 0.2) is 0 Å². The first-order chi connectivity index (χ1) is 13.9. The summed E-state index contributed by atoms with van der Waals surface area (Å²) in [6.45, 7) is 0. The molecule has 0 saturated carbocycles. The van der Waals surface area contributed by atoms with Crippen molar-refractivity contribution in [3.63, 3.8) is 0 Å². The molecule has 0 bridgehead atoms. The molecule has 8 nitrogen and oxygen atoms in total. The Bertz CT molecular complexity index is 975. The van der Waals surface area contributed by atoms with E-state index in [1.807, 2.05) is 0 Å². The number of nitrogens with one attached hydrogen (secondary N) is 2. The van der Waals surface area contributed by atoms with Crippen LogP contribution in [0.5, 0.6) is 0 Å². The number of hydrogen-bond donors (Lipinski definition) is 4. The van der Waals surface area contributed by atoms with Gasteiger partial charge in [-0.2, -0.15) is 8.99 Å². The Morgan fingerprint density at radius 1 is 1.34 bits per heavy atom. The Balaban J connectivity index is 2.18. The lowest BCUT2D eigenvalue weighted by Crippen LogP contribution is -2.20. The molecule has 0 atom stereocenters. The van der Waals surface area contributed by atoms with E-state index in [1.54, 1.807) is 24.3 Å². The second kappa shape index (κ2) is 10.7. The van der Waals surface area contributed by atoms with Gasteiger partial charge < -0.3 is 16.9 Å². The van der Waals surface area contributed by atoms with Gasteiger partial charge in [-0.3, -0.25) is 15.0 Å². The molecule has 0 aliphatic heterocycles. The van der Waals surface area contributed by atoms with Crippen molar-refractivity contribution in [1.29, 1.82) is 5.41 Å². The maximum atomic E-state index is 12.6. The Hall–Kier alpha value is -2.76. The van der Waals surface area contributed by atoms with Gasteiger partial charge in [0.05, 0.1) is 22.5 Å². The number of carbonyl (C=O) groups excluding carboxylic acids is 2. The highest BCUT2D eigenvalue weighted by molar-refractivity contribution is 7.94. The number of aliphatic imine (C=N–C) groups is 1. The molecule has 2 rings (SSSR count). The highest BCUT2D eigenvalue weighted by atomic mass is 35.5. The monoisotopic (exact) mass is 454 g/mol. The molecule has 2 amide bonds. The fourth-order valence-corrected chi connectivity index (χ4v) is 3.35. The molecular weight excluding hydrogens is 439 g/mol. The van der Waals surface area contributed by atoms with Gasteiger partial charge in [0.1, 0.15) is 5.71 Å². The van der Waals surface area contributed by atoms with E-state index in [9.17, 15) is 13.5 Å². The van der Waals surface area contributed by atoms with Gasteiger partial charge in [0.25, 0.3) is 11.8 Å². The van der Waals surface area contributed by atoms with E-state index in [1.165, 1.54) is 5.38 Å². The topological polar surface area (TPSA) is 147 Å². The van der Waals surface area contributed by atoms with Crippen molar-refractivity contribution in [3.05, 3.63) is 45.8 Å². The van der Waals surface area contributed by atoms with Gasteiger partial charge in [0.2, 0.25) is 0 Å². The van der Waals surface area contributed by atoms with Gasteiger partial charge >= 0.3 is 0 Å². The van der Waals surface area contributed by atoms with Crippen LogP contribution in [0.3, 0.4) is 0 Å². The third-order valence-corrected chi connectivity index (χ3v) is 4.99. The lowest BCUT2D eigenvalue weighted by Gasteiger charge is -2.07. The number of hydrazone groups is 1. The molecule has 0 aliphatic carbocycles. The number of nitrogens with two attached hydrogens (primary N) is 2. The normalized spacial score (nSPS) is 11.6. The third-order valence-electron chi connectivity index (χ3n) is 3.56. The summed E-state index contributed by atoms with van der Waals surface area (Å²) in [5.74, 6) is 3.77. The van der Waals surface area contributed by atoms with Crippen molar-refractivity contribution in [2.75, 3.05) is 16.8 Å². The molecule has 0 spiro atoms. The summed E-state index contributed by atoms with van der Waals surface area (Å²) in [4.78, 5) is 28.5. The molecule has 1 aromatic heterocycles. The second-order valence-corrected chi connectivity index (χ2v) is 7.45. The van der Waals surface area contributed by atoms with Crippen molar-refractivity contribution in [2.45, 2.75) is 6.42 Å². The molecule has 0 fully saturated rings. The Kier molecular flexibility index (Phi) is 8.31. The Morgan fingerprint density at radius 3 is 2.66 bits per heavy atom. The van der Waals surface area contributed by atoms with E-state index in [4.69, 9.17) is 28.6 Å². The third kappa shape index (κ3) is 6.11. The fraction of sp³-hybridized carbons (Fsp3) is 0.118. The van der Waals surface area contributed by atoms with E-state index < -0.39 is 17.5 Å². The summed E-state index contributed by atoms with van der Waals surface area (Å²) in [5, 5.41) is 16.2. The maximum Gasteiger partial charge on any atom is 0.295 e. The standard InChI is InChI=1S/C17H16ClFN6O2S2/c18-9-1-3-10(4-2-9)24-16(26)13-12(8-28-15(13)21)14(20)17(27)23-7-11(25-22)5-6-29-19/h1-4,7-8,20H,5-6,21-22H2,(H,24,26)/b20-14?,23-7?,25-11-. The minimum atomic E-state index is -0.919. The van der Waals surface area contributed by atoms with Crippen LogP contribution in [0.15, 0.2) is 39.7 Å². The molecule has 1 aromatic carbocycles. The number of carbonyl (C=O) groups is 2. The van der Waals surface area contributed by atoms with E-state index in [-0.39, 0.29) is 46.2 Å². The summed E-state index contributed by atoms with van der Waals surface area (Å²) in [5.41, 5.74) is 6.07. The zero-order valence-electron chi connectivity index (χ0n) is 14.8. The predicted molar refractivity (Wildman–Crippen MR) is 118 cm³/mol. The fourth-order valence-electron chi connectivity index (χ4n) is 2.14. The van der Waals surface area contributed by atoms with Crippen LogP contribution in [0.2, 0.25) is 5.02 Å². The van der Waals surface area contributed by atoms with Crippen LogP contribution in [-0.2, 0) is 4.79 Å². The Morgan fingerprint density at radius 2 is 2.03 bits per heavy atom. The number of halogens is 2. The lowest BCUT2D eigenvalue weighted by molar-refractivity contribution is -0.111. The molecule has 2 aromatic rings. The average molecular weight is 455 g/mol. The van der Waals surface area contributed by atoms with Gasteiger partial charge in [0, 0.05) is 46.0 Å². The van der Waals surface area contributed by atoms with Gasteiger partial charge in [-0.25, -0.2) is 4.99 Å². The summed E-state index contributed by atoms with van der Waals surface area (Å²) < 4.78 is 12.2. The maximum absolute atomic E-state index is 12.6. The summed E-state index contributed by atoms with van der Waals surface area (Å²) in [6.07, 6.45) is 1.23.